The van der Waals surface area contributed by atoms with E-state index in [1.807, 2.05) is 19.2 Å². The van der Waals surface area contributed by atoms with Crippen molar-refractivity contribution in [2.75, 3.05) is 61.2 Å². The number of rotatable bonds is 8. The fraction of sp³-hybridized carbons (Fsp3) is 0.696. The number of ether oxygens (including phenoxy) is 4. The Morgan fingerprint density at radius 3 is 2.16 bits per heavy atom. The number of halogens is 1. The van der Waals surface area contributed by atoms with Crippen LogP contribution in [-0.2, 0) is 11.3 Å². The van der Waals surface area contributed by atoms with Gasteiger partial charge in [0.1, 0.15) is 0 Å². The molecule has 0 aromatic heterocycles. The normalized spacial score (nSPS) is 18.9. The molecule has 1 aliphatic carbocycles. The summed E-state index contributed by atoms with van der Waals surface area (Å²) in [7, 11) is 6.68. The highest BCUT2D eigenvalue weighted by Gasteiger charge is 2.38. The van der Waals surface area contributed by atoms with Gasteiger partial charge < -0.3 is 29.6 Å². The second-order valence-corrected chi connectivity index (χ2v) is 8.20. The van der Waals surface area contributed by atoms with E-state index in [0.29, 0.717) is 23.8 Å². The van der Waals surface area contributed by atoms with E-state index in [1.54, 1.807) is 21.3 Å². The summed E-state index contributed by atoms with van der Waals surface area (Å²) in [6.07, 6.45) is 6.36. The highest BCUT2D eigenvalue weighted by Crippen LogP contribution is 2.38. The lowest BCUT2D eigenvalue weighted by molar-refractivity contribution is -0.0352. The third kappa shape index (κ3) is 6.54. The lowest BCUT2D eigenvalue weighted by Gasteiger charge is -2.48. The van der Waals surface area contributed by atoms with Crippen molar-refractivity contribution in [3.05, 3.63) is 17.7 Å². The molecule has 0 bridgehead atoms. The topological polar surface area (TPSA) is 76.6 Å². The smallest absolute Gasteiger partial charge is 0.203 e. The molecule has 3 rings (SSSR count). The number of hydrogen-bond acceptors (Lipinski definition) is 6. The first-order chi connectivity index (χ1) is 15.2. The quantitative estimate of drug-likeness (QED) is 0.287. The van der Waals surface area contributed by atoms with Crippen molar-refractivity contribution in [1.29, 1.82) is 0 Å². The molecule has 1 aromatic rings. The number of aliphatic imine (C=N–C) groups is 1. The fourth-order valence-electron chi connectivity index (χ4n) is 4.74. The summed E-state index contributed by atoms with van der Waals surface area (Å²) in [5.41, 5.74) is 1.21. The third-order valence-corrected chi connectivity index (χ3v) is 6.46. The molecule has 2 N–H and O–H groups in total. The van der Waals surface area contributed by atoms with Gasteiger partial charge in [-0.3, -0.25) is 9.89 Å². The van der Waals surface area contributed by atoms with Crippen molar-refractivity contribution in [2.24, 2.45) is 4.99 Å². The summed E-state index contributed by atoms with van der Waals surface area (Å²) in [5.74, 6) is 2.69. The predicted molar refractivity (Wildman–Crippen MR) is 138 cm³/mol. The molecule has 0 unspecified atom stereocenters. The summed E-state index contributed by atoms with van der Waals surface area (Å²) in [6.45, 7) is 5.17. The van der Waals surface area contributed by atoms with Gasteiger partial charge >= 0.3 is 0 Å². The van der Waals surface area contributed by atoms with Crippen molar-refractivity contribution < 1.29 is 18.9 Å². The highest BCUT2D eigenvalue weighted by atomic mass is 127. The molecule has 0 radical (unpaired) electrons. The lowest BCUT2D eigenvalue weighted by atomic mass is 9.80. The molecule has 1 heterocycles. The Bertz CT molecular complexity index is 710. The van der Waals surface area contributed by atoms with E-state index in [1.165, 1.54) is 32.1 Å². The minimum atomic E-state index is 0. The number of morpholine rings is 1. The third-order valence-electron chi connectivity index (χ3n) is 6.46. The Morgan fingerprint density at radius 1 is 1.00 bits per heavy atom. The summed E-state index contributed by atoms with van der Waals surface area (Å²) in [6, 6.07) is 3.91. The molecule has 0 amide bonds. The number of hydrogen-bond donors (Lipinski definition) is 2. The fourth-order valence-corrected chi connectivity index (χ4v) is 4.74. The first-order valence-electron chi connectivity index (χ1n) is 11.2. The standard InChI is InChI=1S/C23H38N4O4.HI/c1-24-22(25-16-18-14-19(28-2)21(30-4)20(15-18)29-3)26-17-23(8-6-5-7-9-23)27-10-12-31-13-11-27;/h14-15H,5-13,16-17H2,1-4H3,(H2,24,25,26);1H. The molecule has 9 heteroatoms. The highest BCUT2D eigenvalue weighted by molar-refractivity contribution is 14.0. The molecule has 2 fully saturated rings. The average molecular weight is 562 g/mol. The average Bonchev–Trinajstić information content (AvgIpc) is 2.84. The zero-order valence-corrected chi connectivity index (χ0v) is 22.2. The van der Waals surface area contributed by atoms with Crippen molar-refractivity contribution in [3.63, 3.8) is 0 Å². The number of methoxy groups -OCH3 is 3. The van der Waals surface area contributed by atoms with Crippen molar-refractivity contribution in [2.45, 2.75) is 44.2 Å². The zero-order chi connectivity index (χ0) is 22.1. The Kier molecular flexibility index (Phi) is 11.1. The first-order valence-corrected chi connectivity index (χ1v) is 11.2. The first kappa shape index (κ1) is 26.8. The molecular weight excluding hydrogens is 523 g/mol. The number of guanidine groups is 1. The minimum absolute atomic E-state index is 0. The van der Waals surface area contributed by atoms with Gasteiger partial charge in [-0.1, -0.05) is 19.3 Å². The summed E-state index contributed by atoms with van der Waals surface area (Å²) >= 11 is 0. The zero-order valence-electron chi connectivity index (χ0n) is 19.9. The number of benzene rings is 1. The maximum atomic E-state index is 5.60. The van der Waals surface area contributed by atoms with E-state index in [0.717, 1.165) is 44.4 Å². The van der Waals surface area contributed by atoms with Gasteiger partial charge in [0.2, 0.25) is 5.75 Å². The molecule has 1 aromatic carbocycles. The van der Waals surface area contributed by atoms with E-state index in [-0.39, 0.29) is 29.5 Å². The van der Waals surface area contributed by atoms with Crippen molar-refractivity contribution in [3.8, 4) is 17.2 Å². The van der Waals surface area contributed by atoms with Crippen LogP contribution in [0.1, 0.15) is 37.7 Å². The molecule has 182 valence electrons. The van der Waals surface area contributed by atoms with Gasteiger partial charge in [0.05, 0.1) is 34.5 Å². The van der Waals surface area contributed by atoms with Gasteiger partial charge in [0.15, 0.2) is 17.5 Å². The van der Waals surface area contributed by atoms with Gasteiger partial charge in [-0.05, 0) is 30.5 Å². The van der Waals surface area contributed by atoms with Crippen LogP contribution in [0.15, 0.2) is 17.1 Å². The monoisotopic (exact) mass is 562 g/mol. The SMILES string of the molecule is CN=C(NCc1cc(OC)c(OC)c(OC)c1)NCC1(N2CCOCC2)CCCCC1.I. The van der Waals surface area contributed by atoms with E-state index < -0.39 is 0 Å². The Hall–Kier alpha value is -1.46. The maximum Gasteiger partial charge on any atom is 0.203 e. The van der Waals surface area contributed by atoms with E-state index in [4.69, 9.17) is 18.9 Å². The van der Waals surface area contributed by atoms with Gasteiger partial charge in [-0.15, -0.1) is 24.0 Å². The van der Waals surface area contributed by atoms with Crippen LogP contribution in [-0.4, -0.2) is 77.6 Å². The molecule has 32 heavy (non-hydrogen) atoms. The summed E-state index contributed by atoms with van der Waals surface area (Å²) < 4.78 is 21.9. The molecule has 0 spiro atoms. The summed E-state index contributed by atoms with van der Waals surface area (Å²) in [4.78, 5) is 7.08. The largest absolute Gasteiger partial charge is 0.493 e. The van der Waals surface area contributed by atoms with Crippen LogP contribution >= 0.6 is 24.0 Å². The van der Waals surface area contributed by atoms with Crippen LogP contribution in [0.4, 0.5) is 0 Å². The Labute approximate surface area is 209 Å². The second-order valence-electron chi connectivity index (χ2n) is 8.20. The molecule has 2 aliphatic rings. The van der Waals surface area contributed by atoms with Crippen LogP contribution < -0.4 is 24.8 Å². The van der Waals surface area contributed by atoms with Crippen LogP contribution in [0, 0.1) is 0 Å². The van der Waals surface area contributed by atoms with Crippen molar-refractivity contribution in [1.82, 2.24) is 15.5 Å². The van der Waals surface area contributed by atoms with Gasteiger partial charge in [0.25, 0.3) is 0 Å². The van der Waals surface area contributed by atoms with Gasteiger partial charge in [-0.2, -0.15) is 0 Å². The molecular formula is C23H39IN4O4. The number of nitrogens with zero attached hydrogens (tertiary/aromatic N) is 2. The maximum absolute atomic E-state index is 5.60. The molecule has 1 saturated heterocycles. The van der Waals surface area contributed by atoms with Crippen LogP contribution in [0.2, 0.25) is 0 Å². The molecule has 1 saturated carbocycles. The number of nitrogens with one attached hydrogen (secondary N) is 2. The van der Waals surface area contributed by atoms with E-state index in [9.17, 15) is 0 Å². The minimum Gasteiger partial charge on any atom is -0.493 e. The van der Waals surface area contributed by atoms with Gasteiger partial charge in [0, 0.05) is 38.8 Å². The lowest BCUT2D eigenvalue weighted by Crippen LogP contribution is -2.60. The van der Waals surface area contributed by atoms with Crippen LogP contribution in [0.5, 0.6) is 17.2 Å². The molecule has 1 aliphatic heterocycles. The van der Waals surface area contributed by atoms with E-state index >= 15 is 0 Å². The second kappa shape index (κ2) is 13.3. The molecule has 0 atom stereocenters. The summed E-state index contributed by atoms with van der Waals surface area (Å²) in [5, 5.41) is 7.03. The van der Waals surface area contributed by atoms with Gasteiger partial charge in [-0.25, -0.2) is 0 Å². The Balaban J connectivity index is 0.00000363. The molecule has 8 nitrogen and oxygen atoms in total. The van der Waals surface area contributed by atoms with Crippen molar-refractivity contribution >= 4 is 29.9 Å². The van der Waals surface area contributed by atoms with Crippen LogP contribution in [0.25, 0.3) is 0 Å². The predicted octanol–water partition coefficient (Wildman–Crippen LogP) is 3.03. The Morgan fingerprint density at radius 2 is 1.62 bits per heavy atom. The van der Waals surface area contributed by atoms with E-state index in [2.05, 4.69) is 20.5 Å². The van der Waals surface area contributed by atoms with Crippen LogP contribution in [0.3, 0.4) is 0 Å².